The zero-order valence-electron chi connectivity index (χ0n) is 17.4. The van der Waals surface area contributed by atoms with Gasteiger partial charge in [0.1, 0.15) is 16.9 Å². The number of halogens is 2. The van der Waals surface area contributed by atoms with Gasteiger partial charge in [0.15, 0.2) is 5.75 Å². The third-order valence-electron chi connectivity index (χ3n) is 4.80. The van der Waals surface area contributed by atoms with Crippen LogP contribution in [0.15, 0.2) is 28.7 Å². The molecule has 0 saturated heterocycles. The third-order valence-corrected chi connectivity index (χ3v) is 5.16. The quantitative estimate of drug-likeness (QED) is 0.342. The number of furan rings is 1. The first-order chi connectivity index (χ1) is 13.9. The van der Waals surface area contributed by atoms with Gasteiger partial charge in [0.2, 0.25) is 0 Å². The highest BCUT2D eigenvalue weighted by atomic mass is 35.5. The topological polar surface area (TPSA) is 69.0 Å². The smallest absolute Gasteiger partial charge is 0.342 e. The molecule has 30 heavy (non-hydrogen) atoms. The van der Waals surface area contributed by atoms with Gasteiger partial charge in [-0.3, -0.25) is 9.69 Å². The van der Waals surface area contributed by atoms with Gasteiger partial charge < -0.3 is 13.9 Å². The summed E-state index contributed by atoms with van der Waals surface area (Å²) in [5.41, 5.74) is 0.754. The van der Waals surface area contributed by atoms with Gasteiger partial charge in [-0.15, -0.1) is 12.4 Å². The van der Waals surface area contributed by atoms with E-state index in [0.29, 0.717) is 34.0 Å². The predicted molar refractivity (Wildman–Crippen MR) is 120 cm³/mol. The van der Waals surface area contributed by atoms with Crippen molar-refractivity contribution >= 4 is 57.7 Å². The maximum atomic E-state index is 12.9. The first-order valence-corrected chi connectivity index (χ1v) is 10.0. The highest BCUT2D eigenvalue weighted by Gasteiger charge is 2.29. The lowest BCUT2D eigenvalue weighted by molar-refractivity contribution is -0.131. The molecule has 0 radical (unpaired) electrons. The van der Waals surface area contributed by atoms with Crippen LogP contribution in [-0.4, -0.2) is 36.5 Å². The molecule has 0 unspecified atom stereocenters. The lowest BCUT2D eigenvalue weighted by atomic mass is 10.0. The van der Waals surface area contributed by atoms with Crippen molar-refractivity contribution in [1.82, 2.24) is 4.90 Å². The summed E-state index contributed by atoms with van der Waals surface area (Å²) in [6.45, 7) is 9.37. The zero-order valence-corrected chi connectivity index (χ0v) is 19.0. The molecule has 0 aliphatic rings. The molecule has 0 spiro atoms. The highest BCUT2D eigenvalue weighted by Crippen LogP contribution is 2.45. The number of rotatable bonds is 7. The van der Waals surface area contributed by atoms with Crippen molar-refractivity contribution in [1.29, 1.82) is 0 Å². The van der Waals surface area contributed by atoms with Crippen LogP contribution in [0.5, 0.6) is 5.75 Å². The molecular formula is C22H25Cl2NO5. The van der Waals surface area contributed by atoms with E-state index in [4.69, 9.17) is 25.5 Å². The van der Waals surface area contributed by atoms with E-state index in [0.717, 1.165) is 13.1 Å². The van der Waals surface area contributed by atoms with Crippen LogP contribution in [0.3, 0.4) is 0 Å². The molecule has 162 valence electrons. The van der Waals surface area contributed by atoms with Gasteiger partial charge in [-0.1, -0.05) is 49.7 Å². The first kappa shape index (κ1) is 24.0. The van der Waals surface area contributed by atoms with E-state index in [1.54, 1.807) is 13.0 Å². The molecule has 3 rings (SSSR count). The van der Waals surface area contributed by atoms with E-state index in [1.165, 1.54) is 6.92 Å². The Balaban J connectivity index is 0.00000320. The minimum atomic E-state index is -0.514. The fourth-order valence-corrected chi connectivity index (χ4v) is 3.73. The summed E-state index contributed by atoms with van der Waals surface area (Å²) in [4.78, 5) is 26.7. The molecular weight excluding hydrogens is 429 g/mol. The third kappa shape index (κ3) is 4.41. The highest BCUT2D eigenvalue weighted by molar-refractivity contribution is 6.41. The summed E-state index contributed by atoms with van der Waals surface area (Å²) in [5, 5.41) is 1.91. The summed E-state index contributed by atoms with van der Waals surface area (Å²) < 4.78 is 16.9. The Bertz CT molecular complexity index is 1070. The van der Waals surface area contributed by atoms with Crippen LogP contribution in [0.4, 0.5) is 0 Å². The van der Waals surface area contributed by atoms with Crippen LogP contribution >= 0.6 is 24.0 Å². The number of carbonyl (C=O) groups excluding carboxylic acids is 2. The molecule has 0 bridgehead atoms. The molecule has 6 nitrogen and oxygen atoms in total. The first-order valence-electron chi connectivity index (χ1n) is 9.66. The van der Waals surface area contributed by atoms with Crippen molar-refractivity contribution in [3.05, 3.63) is 40.6 Å². The largest absolute Gasteiger partial charge is 0.462 e. The van der Waals surface area contributed by atoms with Crippen molar-refractivity contribution in [2.45, 2.75) is 34.2 Å². The van der Waals surface area contributed by atoms with Crippen molar-refractivity contribution in [3.8, 4) is 5.75 Å². The van der Waals surface area contributed by atoms with E-state index in [2.05, 4.69) is 4.90 Å². The average Bonchev–Trinajstić information content (AvgIpc) is 3.08. The van der Waals surface area contributed by atoms with Gasteiger partial charge in [-0.2, -0.15) is 0 Å². The Morgan fingerprint density at radius 1 is 1.10 bits per heavy atom. The van der Waals surface area contributed by atoms with Crippen LogP contribution in [-0.2, 0) is 16.1 Å². The minimum Gasteiger partial charge on any atom is -0.462 e. The van der Waals surface area contributed by atoms with Crippen molar-refractivity contribution in [2.75, 3.05) is 19.7 Å². The van der Waals surface area contributed by atoms with Gasteiger partial charge >= 0.3 is 11.9 Å². The van der Waals surface area contributed by atoms with E-state index < -0.39 is 11.9 Å². The molecule has 0 N–H and O–H groups in total. The van der Waals surface area contributed by atoms with Crippen LogP contribution in [0, 0.1) is 0 Å². The Hall–Kier alpha value is -2.28. The fourth-order valence-electron chi connectivity index (χ4n) is 3.41. The fraction of sp³-hybridized carbons (Fsp3) is 0.364. The summed E-state index contributed by atoms with van der Waals surface area (Å²) in [5.74, 6) is -0.322. The Labute approximate surface area is 186 Å². The van der Waals surface area contributed by atoms with Crippen LogP contribution in [0.1, 0.15) is 43.8 Å². The molecule has 3 aromatic rings. The lowest BCUT2D eigenvalue weighted by Crippen LogP contribution is -2.23. The van der Waals surface area contributed by atoms with Gasteiger partial charge in [-0.05, 0) is 20.0 Å². The second-order valence-electron chi connectivity index (χ2n) is 6.57. The van der Waals surface area contributed by atoms with Gasteiger partial charge in [-0.25, -0.2) is 4.79 Å². The van der Waals surface area contributed by atoms with Gasteiger partial charge in [0.25, 0.3) is 0 Å². The van der Waals surface area contributed by atoms with E-state index in [-0.39, 0.29) is 35.3 Å². The van der Waals surface area contributed by atoms with E-state index in [1.807, 2.05) is 32.0 Å². The minimum absolute atomic E-state index is 0. The number of esters is 2. The molecule has 0 saturated carbocycles. The number of fused-ring (bicyclic) bond motifs is 3. The van der Waals surface area contributed by atoms with Crippen molar-refractivity contribution in [3.63, 3.8) is 0 Å². The number of ether oxygens (including phenoxy) is 2. The van der Waals surface area contributed by atoms with Crippen LogP contribution in [0.2, 0.25) is 5.02 Å². The second kappa shape index (κ2) is 10.2. The molecule has 1 aromatic heterocycles. The zero-order chi connectivity index (χ0) is 21.1. The van der Waals surface area contributed by atoms with E-state index >= 15 is 0 Å². The number of benzene rings is 2. The Morgan fingerprint density at radius 3 is 2.30 bits per heavy atom. The van der Waals surface area contributed by atoms with Gasteiger partial charge in [0, 0.05) is 17.7 Å². The van der Waals surface area contributed by atoms with Crippen molar-refractivity contribution in [2.24, 2.45) is 0 Å². The maximum absolute atomic E-state index is 12.9. The number of hydrogen-bond acceptors (Lipinski definition) is 6. The summed E-state index contributed by atoms with van der Waals surface area (Å²) in [6, 6.07) is 7.32. The second-order valence-corrected chi connectivity index (χ2v) is 6.95. The average molecular weight is 454 g/mol. The molecule has 8 heteroatoms. The monoisotopic (exact) mass is 453 g/mol. The number of carbonyl (C=O) groups is 2. The molecule has 0 aliphatic carbocycles. The SMILES string of the molecule is CCOC(=O)c1c(CN(CC)CC)oc2c1c(Cl)c(OC(C)=O)c1ccccc12.Cl. The summed E-state index contributed by atoms with van der Waals surface area (Å²) in [7, 11) is 0. The predicted octanol–water partition coefficient (Wildman–Crippen LogP) is 5.61. The standard InChI is InChI=1S/C22H24ClNO5.ClH/c1-5-24(6-2)12-16-17(22(26)27-7-3)18-19(23)21(28-13(4)25)15-11-9-8-10-14(15)20(18)29-16;/h8-11H,5-7,12H2,1-4H3;1H. The maximum Gasteiger partial charge on any atom is 0.342 e. The number of nitrogens with zero attached hydrogens (tertiary/aromatic N) is 1. The number of hydrogen-bond donors (Lipinski definition) is 0. The molecule has 0 aliphatic heterocycles. The normalized spacial score (nSPS) is 11.0. The summed E-state index contributed by atoms with van der Waals surface area (Å²) in [6.07, 6.45) is 0. The molecule has 2 aromatic carbocycles. The molecule has 1 heterocycles. The van der Waals surface area contributed by atoms with E-state index in [9.17, 15) is 9.59 Å². The Morgan fingerprint density at radius 2 is 1.73 bits per heavy atom. The van der Waals surface area contributed by atoms with Crippen LogP contribution in [0.25, 0.3) is 21.7 Å². The van der Waals surface area contributed by atoms with Gasteiger partial charge in [0.05, 0.1) is 23.6 Å². The van der Waals surface area contributed by atoms with Crippen molar-refractivity contribution < 1.29 is 23.5 Å². The molecule has 0 fully saturated rings. The molecule has 0 atom stereocenters. The molecule has 0 amide bonds. The summed E-state index contributed by atoms with van der Waals surface area (Å²) >= 11 is 6.67. The lowest BCUT2D eigenvalue weighted by Gasteiger charge is -2.16. The Kier molecular flexibility index (Phi) is 8.12. The van der Waals surface area contributed by atoms with Crippen LogP contribution < -0.4 is 4.74 Å².